The summed E-state index contributed by atoms with van der Waals surface area (Å²) in [4.78, 5) is 43.3. The number of ketones is 1. The molecule has 3 fully saturated rings. The molecule has 4 rings (SSSR count). The summed E-state index contributed by atoms with van der Waals surface area (Å²) in [5.74, 6) is -4.22. The number of hydrogen-bond acceptors (Lipinski definition) is 8. The van der Waals surface area contributed by atoms with Crippen LogP contribution in [0.1, 0.15) is 76.9 Å². The first kappa shape index (κ1) is 26.9. The molecular formula is C27H37NO7S. The molecule has 3 aliphatic rings. The predicted molar refractivity (Wildman–Crippen MR) is 134 cm³/mol. The maximum atomic E-state index is 13.3. The molecule has 2 N–H and O–H groups in total. The molecule has 9 heteroatoms. The van der Waals surface area contributed by atoms with E-state index in [1.165, 1.54) is 0 Å². The second-order valence-electron chi connectivity index (χ2n) is 11.2. The van der Waals surface area contributed by atoms with Crippen molar-refractivity contribution in [2.45, 2.75) is 97.1 Å². The summed E-state index contributed by atoms with van der Waals surface area (Å²) in [7, 11) is 0. The van der Waals surface area contributed by atoms with Crippen LogP contribution in [0.15, 0.2) is 11.0 Å². The van der Waals surface area contributed by atoms with Gasteiger partial charge in [0.2, 0.25) is 0 Å². The summed E-state index contributed by atoms with van der Waals surface area (Å²) in [5, 5.41) is 23.9. The van der Waals surface area contributed by atoms with Gasteiger partial charge in [-0.05, 0) is 57.6 Å². The van der Waals surface area contributed by atoms with Gasteiger partial charge in [-0.1, -0.05) is 20.3 Å². The summed E-state index contributed by atoms with van der Waals surface area (Å²) in [6, 6.07) is 0. The van der Waals surface area contributed by atoms with Crippen molar-refractivity contribution in [3.63, 3.8) is 0 Å². The molecule has 2 bridgehead atoms. The number of hydrogen-bond donors (Lipinski definition) is 2. The van der Waals surface area contributed by atoms with Crippen LogP contribution in [0.2, 0.25) is 0 Å². The van der Waals surface area contributed by atoms with Crippen LogP contribution in [0.5, 0.6) is 0 Å². The molecule has 0 aromatic carbocycles. The van der Waals surface area contributed by atoms with E-state index in [0.717, 1.165) is 16.3 Å². The number of rotatable bonds is 3. The quantitative estimate of drug-likeness (QED) is 0.450. The molecule has 1 aliphatic carbocycles. The van der Waals surface area contributed by atoms with Gasteiger partial charge in [0.15, 0.2) is 0 Å². The number of fused-ring (bicyclic) bond motifs is 3. The van der Waals surface area contributed by atoms with Gasteiger partial charge >= 0.3 is 11.9 Å². The van der Waals surface area contributed by atoms with E-state index in [4.69, 9.17) is 9.47 Å². The van der Waals surface area contributed by atoms with Crippen molar-refractivity contribution in [3.05, 3.63) is 21.7 Å². The van der Waals surface area contributed by atoms with Gasteiger partial charge in [-0.25, -0.2) is 4.98 Å². The maximum Gasteiger partial charge on any atom is 0.307 e. The van der Waals surface area contributed by atoms with E-state index in [2.05, 4.69) is 4.98 Å². The van der Waals surface area contributed by atoms with Crippen molar-refractivity contribution in [3.8, 4) is 0 Å². The number of cyclic esters (lactones) is 1. The third-order valence-electron chi connectivity index (χ3n) is 8.62. The first-order valence-corrected chi connectivity index (χ1v) is 13.7. The van der Waals surface area contributed by atoms with Crippen molar-refractivity contribution >= 4 is 35.1 Å². The molecule has 2 aliphatic heterocycles. The summed E-state index contributed by atoms with van der Waals surface area (Å²) in [6.45, 7) is 9.16. The number of aryl methyl sites for hydroxylation is 1. The molecule has 8 nitrogen and oxygen atoms in total. The van der Waals surface area contributed by atoms with E-state index < -0.39 is 52.9 Å². The Hall–Kier alpha value is -2.10. The summed E-state index contributed by atoms with van der Waals surface area (Å²) in [6.07, 6.45) is 2.65. The largest absolute Gasteiger partial charge is 0.481 e. The van der Waals surface area contributed by atoms with E-state index in [9.17, 15) is 24.6 Å². The van der Waals surface area contributed by atoms with Crippen LogP contribution in [0.25, 0.3) is 6.08 Å². The molecule has 3 heterocycles. The molecule has 1 unspecified atom stereocenters. The number of aliphatic hydroxyl groups is 1. The van der Waals surface area contributed by atoms with Crippen LogP contribution in [0, 0.1) is 30.1 Å². The first-order chi connectivity index (χ1) is 16.9. The van der Waals surface area contributed by atoms with Gasteiger partial charge in [0.05, 0.1) is 34.4 Å². The van der Waals surface area contributed by atoms with Gasteiger partial charge in [0, 0.05) is 29.6 Å². The lowest BCUT2D eigenvalue weighted by atomic mass is 9.55. The molecule has 8 atom stereocenters. The van der Waals surface area contributed by atoms with E-state index in [1.54, 1.807) is 25.2 Å². The maximum absolute atomic E-state index is 13.3. The third-order valence-corrected chi connectivity index (χ3v) is 9.42. The number of Topliss-reactive ketones (excluding diaryl/α,β-unsaturated/α-hetero) is 1. The average molecular weight is 520 g/mol. The fourth-order valence-corrected chi connectivity index (χ4v) is 6.88. The van der Waals surface area contributed by atoms with Gasteiger partial charge in [-0.3, -0.25) is 14.4 Å². The lowest BCUT2D eigenvalue weighted by molar-refractivity contribution is -0.173. The van der Waals surface area contributed by atoms with Crippen LogP contribution in [0.4, 0.5) is 0 Å². The van der Waals surface area contributed by atoms with Crippen LogP contribution in [-0.2, 0) is 23.9 Å². The van der Waals surface area contributed by atoms with Crippen LogP contribution < -0.4 is 0 Å². The Kier molecular flexibility index (Phi) is 7.48. The number of aromatic nitrogens is 1. The minimum atomic E-state index is -1.26. The number of nitrogens with zero attached hydrogens (tertiary/aromatic N) is 1. The highest BCUT2D eigenvalue weighted by Crippen LogP contribution is 2.51. The third kappa shape index (κ3) is 5.15. The highest BCUT2D eigenvalue weighted by atomic mass is 32.1. The number of ether oxygens (including phenoxy) is 2. The van der Waals surface area contributed by atoms with Crippen LogP contribution in [-0.4, -0.2) is 56.8 Å². The molecule has 1 saturated carbocycles. The summed E-state index contributed by atoms with van der Waals surface area (Å²) < 4.78 is 12.0. The zero-order valence-corrected chi connectivity index (χ0v) is 22.5. The average Bonchev–Trinajstić information content (AvgIpc) is 3.25. The van der Waals surface area contributed by atoms with Gasteiger partial charge in [0.1, 0.15) is 11.9 Å². The monoisotopic (exact) mass is 519 g/mol. The van der Waals surface area contributed by atoms with Crippen molar-refractivity contribution in [1.82, 2.24) is 4.98 Å². The standard InChI is InChI=1S/C27H37NO7S/c1-14(11-17-13-36-16(3)28-17)19-12-20-27(5,35-20)9-6-7-18-22(25(32)33)26(4,10-8-21(29)34-19)24(31)15(2)23(18)30/h11,13,15,18-20,22-23,30H,6-10,12H2,1-5H3,(H,32,33)/b14-11+/t15-,18-,19+,20+,22?,23-,26+,27-/m1/s1. The van der Waals surface area contributed by atoms with Gasteiger partial charge < -0.3 is 19.7 Å². The first-order valence-electron chi connectivity index (χ1n) is 12.8. The van der Waals surface area contributed by atoms with Crippen molar-refractivity contribution < 1.29 is 34.1 Å². The van der Waals surface area contributed by atoms with Crippen LogP contribution in [0.3, 0.4) is 0 Å². The van der Waals surface area contributed by atoms with Crippen molar-refractivity contribution in [2.24, 2.45) is 23.2 Å². The van der Waals surface area contributed by atoms with Crippen molar-refractivity contribution in [1.29, 1.82) is 0 Å². The molecule has 1 aromatic rings. The summed E-state index contributed by atoms with van der Waals surface area (Å²) in [5.41, 5.74) is 0.0150. The second-order valence-corrected chi connectivity index (χ2v) is 12.3. The normalized spacial score (nSPS) is 40.1. The zero-order chi connectivity index (χ0) is 26.4. The number of carbonyl (C=O) groups excluding carboxylic acids is 2. The lowest BCUT2D eigenvalue weighted by Crippen LogP contribution is -2.57. The number of aliphatic carboxylic acids is 1. The number of aliphatic hydroxyl groups excluding tert-OH is 1. The van der Waals surface area contributed by atoms with E-state index in [0.29, 0.717) is 25.7 Å². The second kappa shape index (κ2) is 9.99. The smallest absolute Gasteiger partial charge is 0.307 e. The van der Waals surface area contributed by atoms with Crippen molar-refractivity contribution in [2.75, 3.05) is 0 Å². The van der Waals surface area contributed by atoms with Crippen LogP contribution >= 0.6 is 11.3 Å². The fraction of sp³-hybridized carbons (Fsp3) is 0.704. The Morgan fingerprint density at radius 2 is 2.00 bits per heavy atom. The highest BCUT2D eigenvalue weighted by molar-refractivity contribution is 7.09. The fourth-order valence-electron chi connectivity index (χ4n) is 6.31. The minimum absolute atomic E-state index is 0.0631. The number of carboxylic acid groups (broad SMARTS) is 1. The van der Waals surface area contributed by atoms with Gasteiger partial charge in [-0.15, -0.1) is 11.3 Å². The highest BCUT2D eigenvalue weighted by Gasteiger charge is 2.58. The Bertz CT molecular complexity index is 1070. The molecule has 36 heavy (non-hydrogen) atoms. The van der Waals surface area contributed by atoms with Gasteiger partial charge in [0.25, 0.3) is 0 Å². The Balaban J connectivity index is 1.63. The Morgan fingerprint density at radius 3 is 2.64 bits per heavy atom. The number of esters is 1. The molecule has 0 radical (unpaired) electrons. The number of carbonyl (C=O) groups is 3. The molecule has 0 amide bonds. The Labute approximate surface area is 216 Å². The number of carboxylic acids is 1. The molecule has 1 aromatic heterocycles. The Morgan fingerprint density at radius 1 is 1.28 bits per heavy atom. The topological polar surface area (TPSA) is 126 Å². The number of epoxide rings is 1. The van der Waals surface area contributed by atoms with E-state index in [-0.39, 0.29) is 24.7 Å². The molecule has 0 spiro atoms. The van der Waals surface area contributed by atoms with E-state index in [1.807, 2.05) is 32.2 Å². The van der Waals surface area contributed by atoms with Gasteiger partial charge in [-0.2, -0.15) is 0 Å². The SMILES string of the molecule is C/C(=C\c1csc(C)n1)[C@@H]1C[C@@H]2O[C@]2(C)CCC[C@@H]2C(C(=O)O)[C@](C)(CCC(=O)O1)C(=O)[C@H](C)[C@H]2O. The predicted octanol–water partition coefficient (Wildman–Crippen LogP) is 4.18. The lowest BCUT2D eigenvalue weighted by Gasteiger charge is -2.48. The zero-order valence-electron chi connectivity index (χ0n) is 21.7. The summed E-state index contributed by atoms with van der Waals surface area (Å²) >= 11 is 1.55. The molecule has 198 valence electrons. The minimum Gasteiger partial charge on any atom is -0.481 e. The molecular weight excluding hydrogens is 482 g/mol. The number of thiazole rings is 1. The van der Waals surface area contributed by atoms with E-state index >= 15 is 0 Å². The molecule has 2 saturated heterocycles.